The van der Waals surface area contributed by atoms with E-state index in [4.69, 9.17) is 15.7 Å². The summed E-state index contributed by atoms with van der Waals surface area (Å²) in [4.78, 5) is 0. The second-order valence-electron chi connectivity index (χ2n) is 8.74. The van der Waals surface area contributed by atoms with Crippen molar-refractivity contribution in [3.05, 3.63) is 0 Å². The summed E-state index contributed by atoms with van der Waals surface area (Å²) >= 11 is 0. The molecule has 1 fully saturated rings. The monoisotopic (exact) mass is 300 g/mol. The molecule has 0 bridgehead atoms. The average Bonchev–Trinajstić information content (AvgIpc) is 2.43. The third kappa shape index (κ3) is 5.34. The van der Waals surface area contributed by atoms with Gasteiger partial charge < -0.3 is 0 Å². The molecule has 4 radical (unpaired) electrons. The van der Waals surface area contributed by atoms with E-state index in [1.807, 2.05) is 0 Å². The molecule has 22 heavy (non-hydrogen) atoms. The van der Waals surface area contributed by atoms with Crippen molar-refractivity contribution in [1.82, 2.24) is 0 Å². The molecule has 0 aliphatic heterocycles. The van der Waals surface area contributed by atoms with E-state index >= 15 is 0 Å². The molecular formula is C20H38B2. The van der Waals surface area contributed by atoms with Crippen molar-refractivity contribution in [1.29, 1.82) is 0 Å². The summed E-state index contributed by atoms with van der Waals surface area (Å²) in [6.07, 6.45) is 13.1. The molecule has 3 unspecified atom stereocenters. The van der Waals surface area contributed by atoms with E-state index in [2.05, 4.69) is 34.6 Å². The average molecular weight is 300 g/mol. The van der Waals surface area contributed by atoms with Gasteiger partial charge in [-0.05, 0) is 30.1 Å². The lowest BCUT2D eigenvalue weighted by Gasteiger charge is -2.50. The summed E-state index contributed by atoms with van der Waals surface area (Å²) < 4.78 is 0. The summed E-state index contributed by atoms with van der Waals surface area (Å²) in [5, 5.41) is -0.545. The second kappa shape index (κ2) is 8.84. The largest absolute Gasteiger partial charge is 0.0913 e. The fourth-order valence-corrected chi connectivity index (χ4v) is 4.17. The van der Waals surface area contributed by atoms with E-state index in [9.17, 15) is 0 Å². The quantitative estimate of drug-likeness (QED) is 0.383. The van der Waals surface area contributed by atoms with Crippen LogP contribution in [0.1, 0.15) is 98.8 Å². The van der Waals surface area contributed by atoms with Gasteiger partial charge >= 0.3 is 0 Å². The minimum atomic E-state index is -0.545. The summed E-state index contributed by atoms with van der Waals surface area (Å²) in [7, 11) is 13.5. The van der Waals surface area contributed by atoms with E-state index in [1.165, 1.54) is 57.8 Å². The van der Waals surface area contributed by atoms with Gasteiger partial charge in [-0.25, -0.2) is 0 Å². The number of hydrogen-bond donors (Lipinski definition) is 0. The molecule has 0 aromatic rings. The number of hydrogen-bond acceptors (Lipinski definition) is 0. The molecule has 2 heteroatoms. The molecule has 1 saturated carbocycles. The van der Waals surface area contributed by atoms with Gasteiger partial charge in [-0.2, -0.15) is 0 Å². The zero-order valence-electron chi connectivity index (χ0n) is 16.0. The maximum Gasteiger partial charge on any atom is 0.0631 e. The Morgan fingerprint density at radius 2 is 1.68 bits per heavy atom. The molecule has 124 valence electrons. The van der Waals surface area contributed by atoms with Crippen molar-refractivity contribution in [2.75, 3.05) is 0 Å². The highest BCUT2D eigenvalue weighted by atomic mass is 14.4. The molecule has 3 atom stereocenters. The normalized spacial score (nSPS) is 28.1. The predicted molar refractivity (Wildman–Crippen MR) is 102 cm³/mol. The van der Waals surface area contributed by atoms with Gasteiger partial charge in [0, 0.05) is 0 Å². The van der Waals surface area contributed by atoms with Crippen molar-refractivity contribution < 1.29 is 0 Å². The van der Waals surface area contributed by atoms with Crippen molar-refractivity contribution in [3.8, 4) is 0 Å². The number of rotatable bonds is 7. The smallest absolute Gasteiger partial charge is 0.0631 e. The Morgan fingerprint density at radius 1 is 1.00 bits per heavy atom. The van der Waals surface area contributed by atoms with E-state index in [0.29, 0.717) is 5.92 Å². The van der Waals surface area contributed by atoms with Gasteiger partial charge in [0.1, 0.15) is 0 Å². The minimum Gasteiger partial charge on any atom is -0.0913 e. The van der Waals surface area contributed by atoms with Crippen LogP contribution in [0.2, 0.25) is 5.21 Å². The highest BCUT2D eigenvalue weighted by Gasteiger charge is 2.41. The van der Waals surface area contributed by atoms with Crippen molar-refractivity contribution >= 4 is 15.7 Å². The van der Waals surface area contributed by atoms with Crippen LogP contribution in [-0.2, 0) is 0 Å². The molecule has 1 rings (SSSR count). The van der Waals surface area contributed by atoms with Crippen LogP contribution in [0.5, 0.6) is 0 Å². The third-order valence-corrected chi connectivity index (χ3v) is 6.56. The summed E-state index contributed by atoms with van der Waals surface area (Å²) in [5.41, 5.74) is 0.00452. The van der Waals surface area contributed by atoms with Crippen LogP contribution in [0.4, 0.5) is 0 Å². The van der Waals surface area contributed by atoms with Gasteiger partial charge in [-0.3, -0.25) is 0 Å². The van der Waals surface area contributed by atoms with Crippen molar-refractivity contribution in [2.24, 2.45) is 23.2 Å². The Bertz CT molecular complexity index is 307. The molecular weight excluding hydrogens is 262 g/mol. The van der Waals surface area contributed by atoms with Crippen LogP contribution in [0.3, 0.4) is 0 Å². The highest BCUT2D eigenvalue weighted by molar-refractivity contribution is 6.40. The molecule has 0 aromatic heterocycles. The van der Waals surface area contributed by atoms with Gasteiger partial charge in [0.2, 0.25) is 0 Å². The van der Waals surface area contributed by atoms with Gasteiger partial charge in [-0.1, -0.05) is 97.1 Å². The van der Waals surface area contributed by atoms with Gasteiger partial charge in [0.25, 0.3) is 0 Å². The first-order valence-corrected chi connectivity index (χ1v) is 9.82. The van der Waals surface area contributed by atoms with Crippen LogP contribution >= 0.6 is 0 Å². The van der Waals surface area contributed by atoms with E-state index in [1.54, 1.807) is 0 Å². The zero-order valence-corrected chi connectivity index (χ0v) is 16.0. The lowest BCUT2D eigenvalue weighted by Crippen LogP contribution is -2.40. The molecule has 1 aliphatic carbocycles. The topological polar surface area (TPSA) is 0 Å². The maximum absolute atomic E-state index is 6.76. The molecule has 0 aromatic carbocycles. The third-order valence-electron chi connectivity index (χ3n) is 6.56. The fourth-order valence-electron chi connectivity index (χ4n) is 4.17. The Balaban J connectivity index is 2.82. The standard InChI is InChI=1S/C20H38B2/c1-6-8-9-12-17-13-10-11-16(3)14-18(15-17)20(21,22)19(4,5)7-2/h16-18H,6-15H2,1-5H3. The first-order valence-electron chi connectivity index (χ1n) is 9.82. The minimum absolute atomic E-state index is 0.00452. The fraction of sp³-hybridized carbons (Fsp3) is 1.00. The Labute approximate surface area is 143 Å². The van der Waals surface area contributed by atoms with Crippen LogP contribution in [0, 0.1) is 23.2 Å². The van der Waals surface area contributed by atoms with Gasteiger partial charge in [-0.15, -0.1) is 0 Å². The van der Waals surface area contributed by atoms with Gasteiger partial charge in [0.05, 0.1) is 15.7 Å². The van der Waals surface area contributed by atoms with Crippen LogP contribution in [0.15, 0.2) is 0 Å². The van der Waals surface area contributed by atoms with E-state index in [-0.39, 0.29) is 5.41 Å². The predicted octanol–water partition coefficient (Wildman–Crippen LogP) is 6.29. The van der Waals surface area contributed by atoms with Gasteiger partial charge in [0.15, 0.2) is 0 Å². The molecule has 0 saturated heterocycles. The first kappa shape index (κ1) is 20.2. The Morgan fingerprint density at radius 3 is 2.27 bits per heavy atom. The maximum atomic E-state index is 6.76. The van der Waals surface area contributed by atoms with Crippen LogP contribution in [-0.4, -0.2) is 15.7 Å². The van der Waals surface area contributed by atoms with Crippen molar-refractivity contribution in [2.45, 2.75) is 104 Å². The lowest BCUT2D eigenvalue weighted by atomic mass is 9.36. The molecule has 0 nitrogen and oxygen atoms in total. The van der Waals surface area contributed by atoms with Crippen LogP contribution < -0.4 is 0 Å². The number of unbranched alkanes of at least 4 members (excludes halogenated alkanes) is 2. The lowest BCUT2D eigenvalue weighted by molar-refractivity contribution is 0.151. The SMILES string of the molecule is [B]C([B])(C1CC(C)CCCC(CCCCC)C1)C(C)(C)CC. The highest BCUT2D eigenvalue weighted by Crippen LogP contribution is 2.53. The van der Waals surface area contributed by atoms with E-state index < -0.39 is 5.21 Å². The molecule has 1 aliphatic rings. The molecule has 0 N–H and O–H groups in total. The zero-order chi connectivity index (χ0) is 16.8. The van der Waals surface area contributed by atoms with E-state index in [0.717, 1.165) is 18.3 Å². The Kier molecular flexibility index (Phi) is 8.10. The second-order valence-corrected chi connectivity index (χ2v) is 8.74. The Hall–Kier alpha value is 0.130. The molecule has 0 amide bonds. The summed E-state index contributed by atoms with van der Waals surface area (Å²) in [5.74, 6) is 2.06. The molecule has 0 heterocycles. The van der Waals surface area contributed by atoms with Crippen LogP contribution in [0.25, 0.3) is 0 Å². The first-order chi connectivity index (χ1) is 10.2. The van der Waals surface area contributed by atoms with Crippen molar-refractivity contribution in [3.63, 3.8) is 0 Å². The summed E-state index contributed by atoms with van der Waals surface area (Å²) in [6, 6.07) is 0. The molecule has 0 spiro atoms. The summed E-state index contributed by atoms with van der Waals surface area (Å²) in [6.45, 7) is 11.4.